The predicted molar refractivity (Wildman–Crippen MR) is 68.1 cm³/mol. The Morgan fingerprint density at radius 1 is 1.29 bits per heavy atom. The lowest BCUT2D eigenvalue weighted by molar-refractivity contribution is -0.0713. The number of rotatable bonds is 9. The molecule has 0 aliphatic heterocycles. The summed E-state index contributed by atoms with van der Waals surface area (Å²) >= 11 is 0. The van der Waals surface area contributed by atoms with Crippen molar-refractivity contribution in [2.45, 2.75) is 44.8 Å². The smallest absolute Gasteiger partial charge is 0.0897 e. The molecule has 0 saturated heterocycles. The zero-order valence-corrected chi connectivity index (χ0v) is 11.4. The van der Waals surface area contributed by atoms with Gasteiger partial charge in [-0.25, -0.2) is 0 Å². The molecule has 102 valence electrons. The first-order valence-electron chi connectivity index (χ1n) is 6.60. The van der Waals surface area contributed by atoms with Crippen molar-refractivity contribution >= 4 is 0 Å². The van der Waals surface area contributed by atoms with Gasteiger partial charge in [-0.15, -0.1) is 0 Å². The summed E-state index contributed by atoms with van der Waals surface area (Å²) in [5.74, 6) is 0.516. The fraction of sp³-hybridized carbons (Fsp3) is 1.00. The number of hydrogen-bond acceptors (Lipinski definition) is 4. The lowest BCUT2D eigenvalue weighted by Gasteiger charge is -2.40. The van der Waals surface area contributed by atoms with E-state index in [9.17, 15) is 5.11 Å². The maximum Gasteiger partial charge on any atom is 0.0897 e. The highest BCUT2D eigenvalue weighted by molar-refractivity contribution is 4.91. The summed E-state index contributed by atoms with van der Waals surface area (Å²) in [7, 11) is 1.77. The minimum absolute atomic E-state index is 0.0263. The zero-order chi connectivity index (χ0) is 12.7. The van der Waals surface area contributed by atoms with Gasteiger partial charge in [0, 0.05) is 26.8 Å². The number of methoxy groups -OCH3 is 1. The Kier molecular flexibility index (Phi) is 6.41. The molecule has 1 atom stereocenters. The van der Waals surface area contributed by atoms with Gasteiger partial charge in [-0.2, -0.15) is 0 Å². The van der Waals surface area contributed by atoms with Crippen molar-refractivity contribution in [1.82, 2.24) is 5.32 Å². The Morgan fingerprint density at radius 2 is 2.00 bits per heavy atom. The van der Waals surface area contributed by atoms with E-state index in [2.05, 4.69) is 19.2 Å². The van der Waals surface area contributed by atoms with Gasteiger partial charge in [0.1, 0.15) is 0 Å². The van der Waals surface area contributed by atoms with E-state index in [4.69, 9.17) is 9.47 Å². The third-order valence-electron chi connectivity index (χ3n) is 3.29. The molecule has 0 aromatic carbocycles. The zero-order valence-electron chi connectivity index (χ0n) is 11.4. The summed E-state index contributed by atoms with van der Waals surface area (Å²) in [6.07, 6.45) is 3.06. The van der Waals surface area contributed by atoms with Crippen LogP contribution in [0.1, 0.15) is 33.1 Å². The molecule has 0 bridgehead atoms. The number of ether oxygens (including phenoxy) is 2. The molecular weight excluding hydrogens is 218 g/mol. The number of aliphatic hydroxyl groups excluding tert-OH is 1. The average Bonchev–Trinajstić information content (AvgIpc) is 2.21. The molecule has 0 spiro atoms. The molecule has 0 radical (unpaired) electrons. The maximum absolute atomic E-state index is 9.69. The molecule has 17 heavy (non-hydrogen) atoms. The van der Waals surface area contributed by atoms with E-state index in [1.807, 2.05) is 0 Å². The topological polar surface area (TPSA) is 50.7 Å². The second kappa shape index (κ2) is 7.31. The lowest BCUT2D eigenvalue weighted by atomic mass is 9.80. The molecule has 1 unspecified atom stereocenters. The Labute approximate surface area is 105 Å². The van der Waals surface area contributed by atoms with Gasteiger partial charge in [-0.3, -0.25) is 0 Å². The maximum atomic E-state index is 9.69. The van der Waals surface area contributed by atoms with Crippen molar-refractivity contribution in [2.24, 2.45) is 5.92 Å². The van der Waals surface area contributed by atoms with Crippen molar-refractivity contribution in [2.75, 3.05) is 33.4 Å². The van der Waals surface area contributed by atoms with Crippen molar-refractivity contribution in [1.29, 1.82) is 0 Å². The Balaban J connectivity index is 2.01. The number of nitrogens with one attached hydrogen (secondary N) is 1. The molecule has 0 heterocycles. The van der Waals surface area contributed by atoms with Crippen LogP contribution < -0.4 is 5.32 Å². The molecule has 0 amide bonds. The molecule has 4 heteroatoms. The summed E-state index contributed by atoms with van der Waals surface area (Å²) < 4.78 is 10.9. The minimum Gasteiger partial charge on any atom is -0.389 e. The van der Waals surface area contributed by atoms with Gasteiger partial charge < -0.3 is 19.9 Å². The van der Waals surface area contributed by atoms with Gasteiger partial charge >= 0.3 is 0 Å². The van der Waals surface area contributed by atoms with Crippen molar-refractivity contribution in [3.05, 3.63) is 0 Å². The SMILES string of the molecule is COC1(CNCC(O)COCC(C)C)CCC1. The summed E-state index contributed by atoms with van der Waals surface area (Å²) in [6, 6.07) is 0. The summed E-state index contributed by atoms with van der Waals surface area (Å²) in [6.45, 7) is 6.71. The third kappa shape index (κ3) is 5.34. The van der Waals surface area contributed by atoms with Crippen molar-refractivity contribution < 1.29 is 14.6 Å². The largest absolute Gasteiger partial charge is 0.389 e. The Bertz CT molecular complexity index is 199. The quantitative estimate of drug-likeness (QED) is 0.640. The van der Waals surface area contributed by atoms with Gasteiger partial charge in [-0.1, -0.05) is 13.8 Å². The van der Waals surface area contributed by atoms with Gasteiger partial charge in [0.25, 0.3) is 0 Å². The predicted octanol–water partition coefficient (Wildman–Crippen LogP) is 1.18. The highest BCUT2D eigenvalue weighted by atomic mass is 16.5. The highest BCUT2D eigenvalue weighted by Gasteiger charge is 2.36. The van der Waals surface area contributed by atoms with Crippen LogP contribution in [0.2, 0.25) is 0 Å². The van der Waals surface area contributed by atoms with Crippen LogP contribution in [-0.2, 0) is 9.47 Å². The minimum atomic E-state index is -0.428. The van der Waals surface area contributed by atoms with E-state index in [1.54, 1.807) is 7.11 Å². The van der Waals surface area contributed by atoms with Crippen LogP contribution in [0.5, 0.6) is 0 Å². The van der Waals surface area contributed by atoms with E-state index in [1.165, 1.54) is 6.42 Å². The number of hydrogen-bond donors (Lipinski definition) is 2. The molecule has 1 fully saturated rings. The standard InChI is InChI=1S/C13H27NO3/c1-11(2)8-17-9-12(15)7-14-10-13(16-3)5-4-6-13/h11-12,14-15H,4-10H2,1-3H3. The molecule has 1 aliphatic carbocycles. The first-order valence-corrected chi connectivity index (χ1v) is 6.60. The van der Waals surface area contributed by atoms with Crippen LogP contribution in [0.25, 0.3) is 0 Å². The molecule has 1 aliphatic rings. The summed E-state index contributed by atoms with van der Waals surface area (Å²) in [4.78, 5) is 0. The molecule has 2 N–H and O–H groups in total. The molecule has 0 aromatic heterocycles. The second-order valence-electron chi connectivity index (χ2n) is 5.46. The van der Waals surface area contributed by atoms with Crippen molar-refractivity contribution in [3.8, 4) is 0 Å². The lowest BCUT2D eigenvalue weighted by Crippen LogP contribution is -2.49. The summed E-state index contributed by atoms with van der Waals surface area (Å²) in [5, 5.41) is 13.0. The average molecular weight is 245 g/mol. The van der Waals surface area contributed by atoms with Gasteiger partial charge in [0.05, 0.1) is 18.3 Å². The first kappa shape index (κ1) is 14.9. The Hall–Kier alpha value is -0.160. The van der Waals surface area contributed by atoms with Gasteiger partial charge in [0.15, 0.2) is 0 Å². The monoisotopic (exact) mass is 245 g/mol. The van der Waals surface area contributed by atoms with E-state index in [0.29, 0.717) is 25.7 Å². The highest BCUT2D eigenvalue weighted by Crippen LogP contribution is 2.34. The molecule has 1 saturated carbocycles. The molecule has 0 aromatic rings. The first-order chi connectivity index (χ1) is 8.08. The van der Waals surface area contributed by atoms with E-state index >= 15 is 0 Å². The van der Waals surface area contributed by atoms with Crippen LogP contribution >= 0.6 is 0 Å². The Morgan fingerprint density at radius 3 is 2.47 bits per heavy atom. The van der Waals surface area contributed by atoms with Gasteiger partial charge in [0.2, 0.25) is 0 Å². The molecule has 4 nitrogen and oxygen atoms in total. The van der Waals surface area contributed by atoms with Crippen LogP contribution in [0.15, 0.2) is 0 Å². The fourth-order valence-corrected chi connectivity index (χ4v) is 1.99. The van der Waals surface area contributed by atoms with Crippen molar-refractivity contribution in [3.63, 3.8) is 0 Å². The van der Waals surface area contributed by atoms with Crippen LogP contribution in [0.3, 0.4) is 0 Å². The molecular formula is C13H27NO3. The number of aliphatic hydroxyl groups is 1. The normalized spacial score (nSPS) is 20.3. The summed E-state index contributed by atoms with van der Waals surface area (Å²) in [5.41, 5.74) is 0.0263. The van der Waals surface area contributed by atoms with Crippen LogP contribution in [0, 0.1) is 5.92 Å². The fourth-order valence-electron chi connectivity index (χ4n) is 1.99. The van der Waals surface area contributed by atoms with E-state index < -0.39 is 6.10 Å². The van der Waals surface area contributed by atoms with Gasteiger partial charge in [-0.05, 0) is 25.2 Å². The van der Waals surface area contributed by atoms with E-state index in [-0.39, 0.29) is 5.60 Å². The van der Waals surface area contributed by atoms with Crippen LogP contribution in [0.4, 0.5) is 0 Å². The third-order valence-corrected chi connectivity index (χ3v) is 3.29. The van der Waals surface area contributed by atoms with E-state index in [0.717, 1.165) is 19.4 Å². The second-order valence-corrected chi connectivity index (χ2v) is 5.46. The van der Waals surface area contributed by atoms with Crippen LogP contribution in [-0.4, -0.2) is 50.2 Å². The molecule has 1 rings (SSSR count).